The predicted octanol–water partition coefficient (Wildman–Crippen LogP) is 4.75. The van der Waals surface area contributed by atoms with Crippen LogP contribution in [0, 0.1) is 11.6 Å². The van der Waals surface area contributed by atoms with E-state index in [9.17, 15) is 13.2 Å². The van der Waals surface area contributed by atoms with Crippen LogP contribution in [-0.4, -0.2) is 42.3 Å². The fraction of sp³-hybridized carbons (Fsp3) is 0.400. The average molecular weight is 398 g/mol. The molecule has 0 aliphatic carbocycles. The van der Waals surface area contributed by atoms with Crippen LogP contribution in [0.4, 0.5) is 17.6 Å². The Morgan fingerprint density at radius 1 is 1.11 bits per heavy atom. The maximum Gasteiger partial charge on any atom is 0.277 e. The number of hydrogen-bond acceptors (Lipinski definition) is 3. The lowest BCUT2D eigenvalue weighted by molar-refractivity contribution is -0.00424. The molecule has 2 atom stereocenters. The molecule has 2 unspecified atom stereocenters. The van der Waals surface area contributed by atoms with Crippen molar-refractivity contribution in [3.63, 3.8) is 0 Å². The summed E-state index contributed by atoms with van der Waals surface area (Å²) in [6.45, 7) is 1.50. The van der Waals surface area contributed by atoms with Crippen molar-refractivity contribution in [1.29, 1.82) is 0 Å². The molecular weight excluding hydrogens is 376 g/mol. The molecule has 1 N–H and O–H groups in total. The van der Waals surface area contributed by atoms with Crippen molar-refractivity contribution in [2.75, 3.05) is 19.3 Å². The molecule has 0 spiro atoms. The zero-order valence-electron chi connectivity index (χ0n) is 15.2. The first-order valence-corrected chi connectivity index (χ1v) is 9.81. The molecule has 0 bridgehead atoms. The molecule has 1 aliphatic heterocycles. The molecule has 1 heterocycles. The number of nitrogens with one attached hydrogen (secondary N) is 1. The summed E-state index contributed by atoms with van der Waals surface area (Å²) in [5.41, 5.74) is 0.613. The second kappa shape index (κ2) is 8.20. The topological polar surface area (TPSA) is 15.3 Å². The van der Waals surface area contributed by atoms with E-state index >= 15 is 4.39 Å². The number of likely N-dealkylation sites (tertiary alicyclic amines) is 1. The van der Waals surface area contributed by atoms with E-state index in [1.807, 2.05) is 6.92 Å². The van der Waals surface area contributed by atoms with E-state index < -0.39 is 29.6 Å². The van der Waals surface area contributed by atoms with Crippen LogP contribution in [0.3, 0.4) is 0 Å². The number of halogens is 4. The second-order valence-corrected chi connectivity index (χ2v) is 7.84. The SMILES string of the molecule is CCSNC1C(Cc2cccc(-c3ccccc3F)c2F)N(C)CC1(F)F. The van der Waals surface area contributed by atoms with Crippen molar-refractivity contribution < 1.29 is 17.6 Å². The summed E-state index contributed by atoms with van der Waals surface area (Å²) < 4.78 is 60.7. The van der Waals surface area contributed by atoms with Crippen molar-refractivity contribution >= 4 is 11.9 Å². The molecule has 27 heavy (non-hydrogen) atoms. The Morgan fingerprint density at radius 2 is 1.81 bits per heavy atom. The van der Waals surface area contributed by atoms with Gasteiger partial charge in [-0.15, -0.1) is 0 Å². The van der Waals surface area contributed by atoms with Gasteiger partial charge in [0, 0.05) is 22.9 Å². The van der Waals surface area contributed by atoms with Crippen molar-refractivity contribution in [3.8, 4) is 11.1 Å². The smallest absolute Gasteiger partial charge is 0.277 e. The molecule has 1 fully saturated rings. The molecule has 1 saturated heterocycles. The van der Waals surface area contributed by atoms with E-state index in [1.54, 1.807) is 30.1 Å². The van der Waals surface area contributed by atoms with Gasteiger partial charge in [0.15, 0.2) is 0 Å². The van der Waals surface area contributed by atoms with Gasteiger partial charge >= 0.3 is 0 Å². The number of benzene rings is 2. The van der Waals surface area contributed by atoms with Crippen LogP contribution in [0.1, 0.15) is 12.5 Å². The summed E-state index contributed by atoms with van der Waals surface area (Å²) in [6, 6.07) is 9.03. The molecule has 2 nitrogen and oxygen atoms in total. The van der Waals surface area contributed by atoms with Crippen molar-refractivity contribution in [3.05, 3.63) is 59.7 Å². The standard InChI is InChI=1S/C20H22F4N2S/c1-3-27-25-19-17(26(2)12-20(19,23)24)11-13-7-6-9-15(18(13)22)14-8-4-5-10-16(14)21/h4-10,17,19,25H,3,11-12H2,1-2H3. The highest BCUT2D eigenvalue weighted by molar-refractivity contribution is 7.97. The van der Waals surface area contributed by atoms with Gasteiger partial charge in [-0.05, 0) is 25.1 Å². The van der Waals surface area contributed by atoms with E-state index in [4.69, 9.17) is 0 Å². The second-order valence-electron chi connectivity index (χ2n) is 6.73. The molecular formula is C20H22F4N2S. The number of nitrogens with zero attached hydrogens (tertiary/aromatic N) is 1. The average Bonchev–Trinajstić information content (AvgIpc) is 2.83. The molecule has 2 aromatic rings. The van der Waals surface area contributed by atoms with Gasteiger partial charge in [0.2, 0.25) is 0 Å². The number of likely N-dealkylation sites (N-methyl/N-ethyl adjacent to an activating group) is 1. The van der Waals surface area contributed by atoms with Crippen molar-refractivity contribution in [1.82, 2.24) is 9.62 Å². The highest BCUT2D eigenvalue weighted by Gasteiger charge is 2.53. The summed E-state index contributed by atoms with van der Waals surface area (Å²) in [5, 5.41) is 0. The Balaban J connectivity index is 1.91. The van der Waals surface area contributed by atoms with Gasteiger partial charge in [0.25, 0.3) is 5.92 Å². The first kappa shape index (κ1) is 20.2. The highest BCUT2D eigenvalue weighted by atomic mass is 32.2. The lowest BCUT2D eigenvalue weighted by Gasteiger charge is -2.26. The lowest BCUT2D eigenvalue weighted by atomic mass is 9.95. The lowest BCUT2D eigenvalue weighted by Crippen LogP contribution is -2.46. The Bertz CT molecular complexity index is 799. The normalized spacial score (nSPS) is 22.3. The molecule has 3 rings (SSSR count). The van der Waals surface area contributed by atoms with Crippen LogP contribution in [0.25, 0.3) is 11.1 Å². The number of alkyl halides is 2. The van der Waals surface area contributed by atoms with Crippen LogP contribution in [0.5, 0.6) is 0 Å². The Morgan fingerprint density at radius 3 is 2.52 bits per heavy atom. The molecule has 1 aliphatic rings. The van der Waals surface area contributed by atoms with E-state index in [1.165, 1.54) is 36.2 Å². The van der Waals surface area contributed by atoms with Gasteiger partial charge in [-0.3, -0.25) is 9.62 Å². The van der Waals surface area contributed by atoms with E-state index in [0.29, 0.717) is 11.3 Å². The largest absolute Gasteiger partial charge is 0.295 e. The summed E-state index contributed by atoms with van der Waals surface area (Å²) in [7, 11) is 1.62. The molecule has 7 heteroatoms. The fourth-order valence-corrected chi connectivity index (χ4v) is 4.22. The van der Waals surface area contributed by atoms with Gasteiger partial charge in [-0.1, -0.05) is 55.3 Å². The van der Waals surface area contributed by atoms with Gasteiger partial charge in [-0.2, -0.15) is 0 Å². The quantitative estimate of drug-likeness (QED) is 0.558. The molecule has 0 radical (unpaired) electrons. The maximum absolute atomic E-state index is 15.1. The van der Waals surface area contributed by atoms with Gasteiger partial charge < -0.3 is 0 Å². The van der Waals surface area contributed by atoms with Crippen LogP contribution in [0.15, 0.2) is 42.5 Å². The Labute approximate surface area is 161 Å². The third-order valence-electron chi connectivity index (χ3n) is 4.89. The summed E-state index contributed by atoms with van der Waals surface area (Å²) in [6.07, 6.45) is 0.113. The van der Waals surface area contributed by atoms with Crippen LogP contribution in [-0.2, 0) is 6.42 Å². The third kappa shape index (κ3) is 4.15. The molecule has 0 saturated carbocycles. The van der Waals surface area contributed by atoms with Crippen molar-refractivity contribution in [2.45, 2.75) is 31.4 Å². The minimum atomic E-state index is -2.90. The molecule has 2 aromatic carbocycles. The minimum Gasteiger partial charge on any atom is -0.295 e. The summed E-state index contributed by atoms with van der Waals surface area (Å²) in [5.74, 6) is -3.33. The van der Waals surface area contributed by atoms with Crippen molar-refractivity contribution in [2.24, 2.45) is 0 Å². The first-order valence-electron chi connectivity index (χ1n) is 8.82. The highest BCUT2D eigenvalue weighted by Crippen LogP contribution is 2.35. The fourth-order valence-electron chi connectivity index (χ4n) is 3.55. The van der Waals surface area contributed by atoms with E-state index in [-0.39, 0.29) is 24.1 Å². The Kier molecular flexibility index (Phi) is 6.13. The van der Waals surface area contributed by atoms with Gasteiger partial charge in [0.1, 0.15) is 11.6 Å². The van der Waals surface area contributed by atoms with E-state index in [2.05, 4.69) is 4.72 Å². The van der Waals surface area contributed by atoms with Gasteiger partial charge in [-0.25, -0.2) is 17.6 Å². The first-order chi connectivity index (χ1) is 12.8. The zero-order chi connectivity index (χ0) is 19.6. The minimum absolute atomic E-state index is 0.113. The van der Waals surface area contributed by atoms with Crippen LogP contribution in [0.2, 0.25) is 0 Å². The summed E-state index contributed by atoms with van der Waals surface area (Å²) >= 11 is 1.23. The Hall–Kier alpha value is -1.57. The summed E-state index contributed by atoms with van der Waals surface area (Å²) in [4.78, 5) is 1.56. The van der Waals surface area contributed by atoms with Gasteiger partial charge in [0.05, 0.1) is 12.6 Å². The molecule has 0 amide bonds. The predicted molar refractivity (Wildman–Crippen MR) is 102 cm³/mol. The maximum atomic E-state index is 15.1. The monoisotopic (exact) mass is 398 g/mol. The zero-order valence-corrected chi connectivity index (χ0v) is 16.0. The third-order valence-corrected chi connectivity index (χ3v) is 5.60. The molecule has 0 aromatic heterocycles. The number of hydrogen-bond donors (Lipinski definition) is 1. The molecule has 146 valence electrons. The van der Waals surface area contributed by atoms with Crippen LogP contribution >= 0.6 is 11.9 Å². The van der Waals surface area contributed by atoms with Crippen LogP contribution < -0.4 is 4.72 Å². The number of rotatable bonds is 6. The van der Waals surface area contributed by atoms with E-state index in [0.717, 1.165) is 0 Å².